The lowest BCUT2D eigenvalue weighted by Crippen LogP contribution is -2.41. The second kappa shape index (κ2) is 11.3. The van der Waals surface area contributed by atoms with E-state index >= 15 is 0 Å². The molecule has 0 fully saturated rings. The summed E-state index contributed by atoms with van der Waals surface area (Å²) in [6, 6.07) is 18.7. The van der Waals surface area contributed by atoms with Gasteiger partial charge in [0.15, 0.2) is 0 Å². The largest absolute Gasteiger partial charge is 0.487 e. The smallest absolute Gasteiger partial charge is 0.269 e. The molecule has 10 heteroatoms. The van der Waals surface area contributed by atoms with Crippen LogP contribution in [-0.2, 0) is 13.2 Å². The van der Waals surface area contributed by atoms with E-state index in [2.05, 4.69) is 16.0 Å². The third-order valence-electron chi connectivity index (χ3n) is 4.93. The average Bonchev–Trinajstić information content (AvgIpc) is 3.27. The van der Waals surface area contributed by atoms with E-state index in [0.29, 0.717) is 38.5 Å². The predicted molar refractivity (Wildman–Crippen MR) is 135 cm³/mol. The van der Waals surface area contributed by atoms with Crippen LogP contribution in [0.4, 0.5) is 0 Å². The lowest BCUT2D eigenvalue weighted by atomic mass is 10.1. The quantitative estimate of drug-likeness (QED) is 0.308. The molecule has 1 aromatic heterocycles. The van der Waals surface area contributed by atoms with Crippen molar-refractivity contribution in [1.29, 1.82) is 0 Å². The van der Waals surface area contributed by atoms with Gasteiger partial charge in [-0.3, -0.25) is 25.1 Å². The first-order valence-corrected chi connectivity index (χ1v) is 11.5. The number of amides is 2. The third-order valence-corrected chi connectivity index (χ3v) is 5.67. The molecule has 2 N–H and O–H groups in total. The number of rotatable bonds is 7. The molecule has 0 saturated heterocycles. The minimum atomic E-state index is -0.465. The monoisotopic (exact) mass is 528 g/mol. The molecule has 0 spiro atoms. The zero-order valence-electron chi connectivity index (χ0n) is 18.2. The van der Waals surface area contributed by atoms with E-state index in [1.54, 1.807) is 65.6 Å². The molecular weight excluding hydrogens is 511 g/mol. The summed E-state index contributed by atoms with van der Waals surface area (Å²) >= 11 is 18.0. The second-order valence-electron chi connectivity index (χ2n) is 7.53. The van der Waals surface area contributed by atoms with E-state index in [0.717, 1.165) is 11.1 Å². The van der Waals surface area contributed by atoms with Gasteiger partial charge in [0.2, 0.25) is 0 Å². The van der Waals surface area contributed by atoms with E-state index in [-0.39, 0.29) is 6.61 Å². The van der Waals surface area contributed by atoms with E-state index in [4.69, 9.17) is 39.5 Å². The maximum atomic E-state index is 12.5. The highest BCUT2D eigenvalue weighted by Crippen LogP contribution is 2.28. The van der Waals surface area contributed by atoms with Gasteiger partial charge in [-0.25, -0.2) is 0 Å². The number of benzene rings is 3. The SMILES string of the molecule is O=C(NNC(=O)c1cccc(COc2cc(Cl)ccc2Cl)c1)c1ccc(Cn2cc(Cl)cn2)cc1. The predicted octanol–water partition coefficient (Wildman–Crippen LogP) is 5.55. The summed E-state index contributed by atoms with van der Waals surface area (Å²) in [7, 11) is 0. The Kier molecular flexibility index (Phi) is 7.92. The Labute approximate surface area is 216 Å². The number of ether oxygens (including phenoxy) is 1. The fourth-order valence-corrected chi connectivity index (χ4v) is 3.67. The van der Waals surface area contributed by atoms with Crippen molar-refractivity contribution in [3.63, 3.8) is 0 Å². The number of carbonyl (C=O) groups is 2. The number of aromatic nitrogens is 2. The molecule has 4 aromatic rings. The molecule has 0 radical (unpaired) electrons. The van der Waals surface area contributed by atoms with Gasteiger partial charge in [-0.2, -0.15) is 5.10 Å². The number of nitrogens with one attached hydrogen (secondary N) is 2. The highest BCUT2D eigenvalue weighted by molar-refractivity contribution is 6.34. The van der Waals surface area contributed by atoms with Crippen molar-refractivity contribution in [1.82, 2.24) is 20.6 Å². The van der Waals surface area contributed by atoms with Crippen molar-refractivity contribution < 1.29 is 14.3 Å². The molecule has 4 rings (SSSR count). The lowest BCUT2D eigenvalue weighted by Gasteiger charge is -2.11. The fraction of sp³-hybridized carbons (Fsp3) is 0.0800. The van der Waals surface area contributed by atoms with Crippen LogP contribution < -0.4 is 15.6 Å². The molecule has 35 heavy (non-hydrogen) atoms. The van der Waals surface area contributed by atoms with Crippen LogP contribution in [0, 0.1) is 0 Å². The first-order chi connectivity index (χ1) is 16.9. The summed E-state index contributed by atoms with van der Waals surface area (Å²) in [5.74, 6) is -0.462. The van der Waals surface area contributed by atoms with Gasteiger partial charge in [0.1, 0.15) is 12.4 Å². The van der Waals surface area contributed by atoms with Crippen molar-refractivity contribution in [2.45, 2.75) is 13.2 Å². The van der Waals surface area contributed by atoms with Crippen molar-refractivity contribution in [3.05, 3.63) is 116 Å². The lowest BCUT2D eigenvalue weighted by molar-refractivity contribution is 0.0846. The van der Waals surface area contributed by atoms with Gasteiger partial charge in [-0.15, -0.1) is 0 Å². The standard InChI is InChI=1S/C25H19Cl3N4O3/c26-20-8-9-22(28)23(11-20)35-15-17-2-1-3-19(10-17)25(34)31-30-24(33)18-6-4-16(5-7-18)13-32-14-21(27)12-29-32/h1-12,14H,13,15H2,(H,30,33)(H,31,34). The van der Waals surface area contributed by atoms with Gasteiger partial charge in [0, 0.05) is 28.4 Å². The highest BCUT2D eigenvalue weighted by atomic mass is 35.5. The summed E-state index contributed by atoms with van der Waals surface area (Å²) in [4.78, 5) is 25.0. The highest BCUT2D eigenvalue weighted by Gasteiger charge is 2.11. The molecule has 178 valence electrons. The minimum Gasteiger partial charge on any atom is -0.487 e. The Morgan fingerprint density at radius 2 is 1.57 bits per heavy atom. The summed E-state index contributed by atoms with van der Waals surface area (Å²) in [6.07, 6.45) is 3.27. The van der Waals surface area contributed by atoms with Crippen LogP contribution in [0.1, 0.15) is 31.8 Å². The maximum absolute atomic E-state index is 12.5. The third kappa shape index (κ3) is 6.76. The second-order valence-corrected chi connectivity index (χ2v) is 8.81. The van der Waals surface area contributed by atoms with E-state index < -0.39 is 11.8 Å². The maximum Gasteiger partial charge on any atom is 0.269 e. The Bertz CT molecular complexity index is 1360. The van der Waals surface area contributed by atoms with E-state index in [9.17, 15) is 9.59 Å². The molecule has 7 nitrogen and oxygen atoms in total. The van der Waals surface area contributed by atoms with Crippen LogP contribution in [-0.4, -0.2) is 21.6 Å². The Morgan fingerprint density at radius 1 is 0.829 bits per heavy atom. The van der Waals surface area contributed by atoms with Crippen molar-refractivity contribution in [2.24, 2.45) is 0 Å². The minimum absolute atomic E-state index is 0.185. The van der Waals surface area contributed by atoms with Crippen LogP contribution in [0.15, 0.2) is 79.1 Å². The van der Waals surface area contributed by atoms with Gasteiger partial charge in [-0.1, -0.05) is 59.1 Å². The zero-order chi connectivity index (χ0) is 24.8. The van der Waals surface area contributed by atoms with Crippen LogP contribution in [0.25, 0.3) is 0 Å². The number of carbonyl (C=O) groups excluding carboxylic acids is 2. The number of nitrogens with zero attached hydrogens (tertiary/aromatic N) is 2. The van der Waals surface area contributed by atoms with Crippen LogP contribution in [0.2, 0.25) is 15.1 Å². The molecule has 3 aromatic carbocycles. The summed E-state index contributed by atoms with van der Waals surface area (Å²) in [5, 5.41) is 5.62. The normalized spacial score (nSPS) is 10.6. The number of hydrogen-bond donors (Lipinski definition) is 2. The molecule has 0 aliphatic heterocycles. The number of hydrazine groups is 1. The van der Waals surface area contributed by atoms with Gasteiger partial charge in [-0.05, 0) is 47.5 Å². The van der Waals surface area contributed by atoms with Crippen LogP contribution in [0.3, 0.4) is 0 Å². The first-order valence-electron chi connectivity index (χ1n) is 10.4. The van der Waals surface area contributed by atoms with Gasteiger partial charge >= 0.3 is 0 Å². The molecule has 0 aliphatic rings. The fourth-order valence-electron chi connectivity index (χ4n) is 3.18. The summed E-state index contributed by atoms with van der Waals surface area (Å²) in [6.45, 7) is 0.708. The number of hydrogen-bond acceptors (Lipinski definition) is 4. The van der Waals surface area contributed by atoms with E-state index in [1.165, 1.54) is 0 Å². The number of halogens is 3. The van der Waals surface area contributed by atoms with Gasteiger partial charge < -0.3 is 4.74 Å². The summed E-state index contributed by atoms with van der Waals surface area (Å²) < 4.78 is 7.41. The van der Waals surface area contributed by atoms with Crippen molar-refractivity contribution >= 4 is 46.6 Å². The van der Waals surface area contributed by atoms with Crippen LogP contribution in [0.5, 0.6) is 5.75 Å². The van der Waals surface area contributed by atoms with Gasteiger partial charge in [0.05, 0.1) is 22.8 Å². The molecular formula is C25H19Cl3N4O3. The molecule has 1 heterocycles. The average molecular weight is 530 g/mol. The zero-order valence-corrected chi connectivity index (χ0v) is 20.4. The Balaban J connectivity index is 1.31. The summed E-state index contributed by atoms with van der Waals surface area (Å²) in [5.41, 5.74) is 7.30. The molecule has 0 atom stereocenters. The molecule has 2 amide bonds. The Morgan fingerprint density at radius 3 is 2.29 bits per heavy atom. The molecule has 0 aliphatic carbocycles. The van der Waals surface area contributed by atoms with Gasteiger partial charge in [0.25, 0.3) is 11.8 Å². The van der Waals surface area contributed by atoms with Crippen molar-refractivity contribution in [2.75, 3.05) is 0 Å². The molecule has 0 unspecified atom stereocenters. The molecule has 0 bridgehead atoms. The first kappa shape index (κ1) is 24.6. The van der Waals surface area contributed by atoms with Crippen LogP contribution >= 0.6 is 34.8 Å². The van der Waals surface area contributed by atoms with E-state index in [1.807, 2.05) is 18.2 Å². The van der Waals surface area contributed by atoms with Crippen molar-refractivity contribution in [3.8, 4) is 5.75 Å². The Hall–Kier alpha value is -3.52. The molecule has 0 saturated carbocycles. The topological polar surface area (TPSA) is 85.3 Å².